The molecular weight excluding hydrogens is 162 g/mol. The lowest BCUT2D eigenvalue weighted by molar-refractivity contribution is -0.127. The third kappa shape index (κ3) is 3.02. The number of hydrogen-bond donors (Lipinski definition) is 0. The Morgan fingerprint density at radius 1 is 1.46 bits per heavy atom. The van der Waals surface area contributed by atoms with Crippen LogP contribution in [0.25, 0.3) is 0 Å². The summed E-state index contributed by atoms with van der Waals surface area (Å²) in [5.74, 6) is 0.318. The Bertz CT molecular complexity index is 193. The summed E-state index contributed by atoms with van der Waals surface area (Å²) >= 11 is 0. The predicted molar refractivity (Wildman–Crippen MR) is 54.5 cm³/mol. The molecule has 13 heavy (non-hydrogen) atoms. The van der Waals surface area contributed by atoms with Gasteiger partial charge in [-0.15, -0.1) is 0 Å². The van der Waals surface area contributed by atoms with Crippen molar-refractivity contribution in [1.82, 2.24) is 4.90 Å². The Morgan fingerprint density at radius 2 is 2.08 bits per heavy atom. The van der Waals surface area contributed by atoms with E-state index in [0.717, 1.165) is 19.3 Å². The fourth-order valence-corrected chi connectivity index (χ4v) is 1.80. The van der Waals surface area contributed by atoms with Crippen molar-refractivity contribution in [2.45, 2.75) is 52.5 Å². The molecule has 0 N–H and O–H groups in total. The summed E-state index contributed by atoms with van der Waals surface area (Å²) in [4.78, 5) is 13.2. The summed E-state index contributed by atoms with van der Waals surface area (Å²) in [6.07, 6.45) is 4.18. The molecular formula is C11H21NO. The first kappa shape index (κ1) is 10.6. The largest absolute Gasteiger partial charge is 0.343 e. The average molecular weight is 183 g/mol. The van der Waals surface area contributed by atoms with Crippen molar-refractivity contribution in [3.63, 3.8) is 0 Å². The molecule has 0 aromatic heterocycles. The van der Waals surface area contributed by atoms with Crippen LogP contribution in [0.4, 0.5) is 0 Å². The molecule has 0 radical (unpaired) electrons. The van der Waals surface area contributed by atoms with Crippen LogP contribution in [0, 0.1) is 5.41 Å². The van der Waals surface area contributed by atoms with Crippen LogP contribution >= 0.6 is 0 Å². The Morgan fingerprint density at radius 3 is 2.46 bits per heavy atom. The minimum atomic E-state index is 0.318. The molecule has 2 nitrogen and oxygen atoms in total. The standard InChI is InChI=1S/C11H21NO/c1-11(2,3)8-7-9-5-6-10(13)12(9)4/h9H,5-8H2,1-4H3/t9-/m1/s1. The van der Waals surface area contributed by atoms with Gasteiger partial charge in [0.05, 0.1) is 0 Å². The number of rotatable bonds is 2. The maximum Gasteiger partial charge on any atom is 0.222 e. The summed E-state index contributed by atoms with van der Waals surface area (Å²) in [6.45, 7) is 6.76. The van der Waals surface area contributed by atoms with Crippen LogP contribution in [0.1, 0.15) is 46.5 Å². The number of likely N-dealkylation sites (tertiary alicyclic amines) is 1. The van der Waals surface area contributed by atoms with Gasteiger partial charge in [0.25, 0.3) is 0 Å². The van der Waals surface area contributed by atoms with E-state index in [4.69, 9.17) is 0 Å². The number of nitrogens with zero attached hydrogens (tertiary/aromatic N) is 1. The van der Waals surface area contributed by atoms with Gasteiger partial charge in [0, 0.05) is 19.5 Å². The highest BCUT2D eigenvalue weighted by atomic mass is 16.2. The van der Waals surface area contributed by atoms with Crippen molar-refractivity contribution in [2.75, 3.05) is 7.05 Å². The van der Waals surface area contributed by atoms with Crippen molar-refractivity contribution in [1.29, 1.82) is 0 Å². The van der Waals surface area contributed by atoms with Crippen LogP contribution in [-0.2, 0) is 4.79 Å². The van der Waals surface area contributed by atoms with Crippen molar-refractivity contribution in [3.8, 4) is 0 Å². The van der Waals surface area contributed by atoms with Gasteiger partial charge in [-0.25, -0.2) is 0 Å². The lowest BCUT2D eigenvalue weighted by atomic mass is 9.88. The molecule has 1 heterocycles. The number of amides is 1. The summed E-state index contributed by atoms with van der Waals surface area (Å²) < 4.78 is 0. The minimum Gasteiger partial charge on any atom is -0.343 e. The third-order valence-corrected chi connectivity index (χ3v) is 2.86. The first-order valence-corrected chi connectivity index (χ1v) is 5.16. The quantitative estimate of drug-likeness (QED) is 0.644. The van der Waals surface area contributed by atoms with Crippen LogP contribution in [-0.4, -0.2) is 23.9 Å². The molecule has 1 rings (SSSR count). The second kappa shape index (κ2) is 3.69. The van der Waals surface area contributed by atoms with Crippen LogP contribution in [0.3, 0.4) is 0 Å². The molecule has 1 fully saturated rings. The van der Waals surface area contributed by atoms with Crippen molar-refractivity contribution < 1.29 is 4.79 Å². The molecule has 2 heteroatoms. The van der Waals surface area contributed by atoms with E-state index in [9.17, 15) is 4.79 Å². The van der Waals surface area contributed by atoms with Gasteiger partial charge in [-0.1, -0.05) is 20.8 Å². The van der Waals surface area contributed by atoms with E-state index in [1.54, 1.807) is 0 Å². The molecule has 0 bridgehead atoms. The highest BCUT2D eigenvalue weighted by Crippen LogP contribution is 2.27. The normalized spacial score (nSPS) is 24.2. The monoisotopic (exact) mass is 183 g/mol. The van der Waals surface area contributed by atoms with Gasteiger partial charge < -0.3 is 4.90 Å². The summed E-state index contributed by atoms with van der Waals surface area (Å²) in [5, 5.41) is 0. The molecule has 0 aromatic carbocycles. The van der Waals surface area contributed by atoms with E-state index in [1.807, 2.05) is 11.9 Å². The number of carbonyl (C=O) groups excluding carboxylic acids is 1. The van der Waals surface area contributed by atoms with Gasteiger partial charge in [-0.2, -0.15) is 0 Å². The van der Waals surface area contributed by atoms with Crippen molar-refractivity contribution in [2.24, 2.45) is 5.41 Å². The molecule has 0 aliphatic carbocycles. The smallest absolute Gasteiger partial charge is 0.222 e. The van der Waals surface area contributed by atoms with E-state index >= 15 is 0 Å². The molecule has 1 amide bonds. The van der Waals surface area contributed by atoms with E-state index in [1.165, 1.54) is 6.42 Å². The van der Waals surface area contributed by atoms with E-state index in [-0.39, 0.29) is 0 Å². The third-order valence-electron chi connectivity index (χ3n) is 2.86. The topological polar surface area (TPSA) is 20.3 Å². The fourth-order valence-electron chi connectivity index (χ4n) is 1.80. The van der Waals surface area contributed by atoms with E-state index in [2.05, 4.69) is 20.8 Å². The Kier molecular flexibility index (Phi) is 2.99. The van der Waals surface area contributed by atoms with E-state index in [0.29, 0.717) is 17.4 Å². The van der Waals surface area contributed by atoms with Gasteiger partial charge in [0.1, 0.15) is 0 Å². The highest BCUT2D eigenvalue weighted by Gasteiger charge is 2.28. The maximum atomic E-state index is 11.2. The van der Waals surface area contributed by atoms with Gasteiger partial charge in [0.15, 0.2) is 0 Å². The molecule has 1 aliphatic rings. The lowest BCUT2D eigenvalue weighted by Gasteiger charge is -2.24. The van der Waals surface area contributed by atoms with Gasteiger partial charge >= 0.3 is 0 Å². The van der Waals surface area contributed by atoms with Gasteiger partial charge in [-0.3, -0.25) is 4.79 Å². The molecule has 1 aliphatic heterocycles. The number of carbonyl (C=O) groups is 1. The molecule has 1 saturated heterocycles. The first-order valence-electron chi connectivity index (χ1n) is 5.16. The van der Waals surface area contributed by atoms with Gasteiger partial charge in [-0.05, 0) is 24.7 Å². The minimum absolute atomic E-state index is 0.318. The predicted octanol–water partition coefficient (Wildman–Crippen LogP) is 2.43. The van der Waals surface area contributed by atoms with Crippen molar-refractivity contribution >= 4 is 5.91 Å². The Labute approximate surface area is 81.3 Å². The maximum absolute atomic E-state index is 11.2. The Hall–Kier alpha value is -0.530. The zero-order valence-electron chi connectivity index (χ0n) is 9.26. The fraction of sp³-hybridized carbons (Fsp3) is 0.909. The second-order valence-electron chi connectivity index (χ2n) is 5.30. The van der Waals surface area contributed by atoms with E-state index < -0.39 is 0 Å². The molecule has 76 valence electrons. The molecule has 1 atom stereocenters. The zero-order chi connectivity index (χ0) is 10.1. The molecule has 0 saturated carbocycles. The van der Waals surface area contributed by atoms with Crippen LogP contribution in [0.2, 0.25) is 0 Å². The summed E-state index contributed by atoms with van der Waals surface area (Å²) in [5.41, 5.74) is 0.395. The number of hydrogen-bond acceptors (Lipinski definition) is 1. The zero-order valence-corrected chi connectivity index (χ0v) is 9.26. The summed E-state index contributed by atoms with van der Waals surface area (Å²) in [6, 6.07) is 0.506. The Balaban J connectivity index is 2.35. The SMILES string of the molecule is CN1C(=O)CC[C@@H]1CCC(C)(C)C. The second-order valence-corrected chi connectivity index (χ2v) is 5.30. The molecule has 0 aromatic rings. The highest BCUT2D eigenvalue weighted by molar-refractivity contribution is 5.78. The molecule has 0 unspecified atom stereocenters. The van der Waals surface area contributed by atoms with Crippen molar-refractivity contribution in [3.05, 3.63) is 0 Å². The lowest BCUT2D eigenvalue weighted by Crippen LogP contribution is -2.29. The van der Waals surface area contributed by atoms with Crippen LogP contribution < -0.4 is 0 Å². The molecule has 0 spiro atoms. The van der Waals surface area contributed by atoms with Crippen LogP contribution in [0.5, 0.6) is 0 Å². The van der Waals surface area contributed by atoms with Gasteiger partial charge in [0.2, 0.25) is 5.91 Å². The first-order chi connectivity index (χ1) is 5.90. The summed E-state index contributed by atoms with van der Waals surface area (Å²) in [7, 11) is 1.93. The average Bonchev–Trinajstić information content (AvgIpc) is 2.29. The van der Waals surface area contributed by atoms with Crippen LogP contribution in [0.15, 0.2) is 0 Å².